The maximum absolute atomic E-state index is 8.72. The number of hydrogen-bond donors (Lipinski definition) is 1. The summed E-state index contributed by atoms with van der Waals surface area (Å²) < 4.78 is 0. The van der Waals surface area contributed by atoms with Crippen molar-refractivity contribution in [1.29, 1.82) is 5.26 Å². The van der Waals surface area contributed by atoms with Gasteiger partial charge in [-0.15, -0.1) is 0 Å². The number of halogens is 2. The van der Waals surface area contributed by atoms with Crippen molar-refractivity contribution in [2.24, 2.45) is 0 Å². The molecule has 0 spiro atoms. The van der Waals surface area contributed by atoms with Crippen molar-refractivity contribution in [2.45, 2.75) is 19.3 Å². The molecule has 0 bridgehead atoms. The van der Waals surface area contributed by atoms with Gasteiger partial charge in [0.1, 0.15) is 5.50 Å². The first kappa shape index (κ1) is 9.44. The second-order valence-electron chi connectivity index (χ2n) is 2.60. The molecule has 0 fully saturated rings. The van der Waals surface area contributed by atoms with Crippen LogP contribution in [-0.4, -0.2) is 5.50 Å². The molecule has 1 aliphatic heterocycles. The lowest BCUT2D eigenvalue weighted by Crippen LogP contribution is -2.28. The van der Waals surface area contributed by atoms with E-state index < -0.39 is 5.50 Å². The van der Waals surface area contributed by atoms with Gasteiger partial charge in [-0.05, 0) is 19.4 Å². The van der Waals surface area contributed by atoms with Gasteiger partial charge >= 0.3 is 0 Å². The first-order chi connectivity index (χ1) is 5.57. The molecule has 0 aromatic rings. The summed E-state index contributed by atoms with van der Waals surface area (Å²) in [5.74, 6) is 0. The lowest BCUT2D eigenvalue weighted by molar-refractivity contribution is 0.796. The third-order valence-electron chi connectivity index (χ3n) is 1.78. The second-order valence-corrected chi connectivity index (χ2v) is 3.41. The number of allylic oxidation sites excluding steroid dienone is 3. The number of alkyl halides is 1. The van der Waals surface area contributed by atoms with Gasteiger partial charge in [0.05, 0.1) is 16.7 Å². The minimum Gasteiger partial charge on any atom is -0.367 e. The minimum absolute atomic E-state index is 0.447. The van der Waals surface area contributed by atoms with Crippen LogP contribution in [0.2, 0.25) is 0 Å². The number of dihydropyridines is 1. The first-order valence-corrected chi connectivity index (χ1v) is 4.27. The van der Waals surface area contributed by atoms with Crippen molar-refractivity contribution in [1.82, 2.24) is 5.32 Å². The van der Waals surface area contributed by atoms with Gasteiger partial charge in [-0.2, -0.15) is 5.26 Å². The van der Waals surface area contributed by atoms with Crippen LogP contribution in [-0.2, 0) is 0 Å². The molecule has 2 nitrogen and oxygen atoms in total. The molecule has 0 saturated heterocycles. The highest BCUT2D eigenvalue weighted by molar-refractivity contribution is 6.33. The Kier molecular flexibility index (Phi) is 2.66. The number of nitrogens with zero attached hydrogens (tertiary/aromatic N) is 1. The van der Waals surface area contributed by atoms with Gasteiger partial charge in [0.15, 0.2) is 0 Å². The fraction of sp³-hybridized carbons (Fsp3) is 0.375. The summed E-state index contributed by atoms with van der Waals surface area (Å²) >= 11 is 11.8. The lowest BCUT2D eigenvalue weighted by Gasteiger charge is -2.21. The molecule has 1 rings (SSSR count). The van der Waals surface area contributed by atoms with Crippen molar-refractivity contribution in [3.8, 4) is 6.07 Å². The third-order valence-corrected chi connectivity index (χ3v) is 2.67. The Bertz CT molecular complexity index is 310. The van der Waals surface area contributed by atoms with Crippen molar-refractivity contribution in [3.63, 3.8) is 0 Å². The predicted molar refractivity (Wildman–Crippen MR) is 49.6 cm³/mol. The van der Waals surface area contributed by atoms with E-state index in [9.17, 15) is 0 Å². The highest BCUT2D eigenvalue weighted by Gasteiger charge is 2.21. The van der Waals surface area contributed by atoms with Crippen LogP contribution in [0, 0.1) is 11.3 Å². The highest BCUT2D eigenvalue weighted by Crippen LogP contribution is 2.28. The van der Waals surface area contributed by atoms with E-state index in [1.54, 1.807) is 6.92 Å². The number of nitrogens with one attached hydrogen (secondary N) is 1. The van der Waals surface area contributed by atoms with E-state index in [0.717, 1.165) is 11.3 Å². The van der Waals surface area contributed by atoms with E-state index >= 15 is 0 Å². The fourth-order valence-corrected chi connectivity index (χ4v) is 1.59. The third kappa shape index (κ3) is 1.43. The van der Waals surface area contributed by atoms with Gasteiger partial charge in [-0.3, -0.25) is 0 Å². The topological polar surface area (TPSA) is 35.8 Å². The summed E-state index contributed by atoms with van der Waals surface area (Å²) in [6, 6.07) is 2.02. The summed E-state index contributed by atoms with van der Waals surface area (Å²) in [7, 11) is 0. The second kappa shape index (κ2) is 3.38. The van der Waals surface area contributed by atoms with Gasteiger partial charge in [0.25, 0.3) is 0 Å². The molecule has 12 heavy (non-hydrogen) atoms. The summed E-state index contributed by atoms with van der Waals surface area (Å²) in [6.45, 7) is 3.62. The smallest absolute Gasteiger partial charge is 0.137 e. The van der Waals surface area contributed by atoms with Gasteiger partial charge < -0.3 is 5.32 Å². The van der Waals surface area contributed by atoms with E-state index in [1.807, 2.05) is 13.0 Å². The maximum Gasteiger partial charge on any atom is 0.137 e. The van der Waals surface area contributed by atoms with Gasteiger partial charge in [-0.1, -0.05) is 23.2 Å². The Morgan fingerprint density at radius 1 is 1.50 bits per heavy atom. The highest BCUT2D eigenvalue weighted by atomic mass is 35.5. The van der Waals surface area contributed by atoms with Gasteiger partial charge in [-0.25, -0.2) is 0 Å². The molecule has 0 aliphatic carbocycles. The van der Waals surface area contributed by atoms with Crippen molar-refractivity contribution < 1.29 is 0 Å². The molecule has 4 heteroatoms. The van der Waals surface area contributed by atoms with Crippen LogP contribution in [0.4, 0.5) is 0 Å². The molecule has 1 heterocycles. The SMILES string of the molecule is CC1=C(Cl)C(C)=C(C#N)C(Cl)N1. The minimum atomic E-state index is -0.447. The number of rotatable bonds is 0. The Labute approximate surface area is 81.5 Å². The molecule has 0 aromatic heterocycles. The summed E-state index contributed by atoms with van der Waals surface area (Å²) in [6.07, 6.45) is 0. The molecule has 1 N–H and O–H groups in total. The zero-order valence-corrected chi connectivity index (χ0v) is 8.29. The molecular weight excluding hydrogens is 195 g/mol. The molecule has 0 radical (unpaired) electrons. The predicted octanol–water partition coefficient (Wildman–Crippen LogP) is 2.46. The van der Waals surface area contributed by atoms with Crippen LogP contribution in [0.1, 0.15) is 13.8 Å². The van der Waals surface area contributed by atoms with Crippen LogP contribution >= 0.6 is 23.2 Å². The fourth-order valence-electron chi connectivity index (χ4n) is 1.06. The average Bonchev–Trinajstić information content (AvgIpc) is 2.01. The van der Waals surface area contributed by atoms with Crippen molar-refractivity contribution >= 4 is 23.2 Å². The summed E-state index contributed by atoms with van der Waals surface area (Å²) in [4.78, 5) is 0. The van der Waals surface area contributed by atoms with E-state index in [1.165, 1.54) is 0 Å². The Balaban J connectivity index is 3.19. The van der Waals surface area contributed by atoms with Crippen LogP contribution in [0.3, 0.4) is 0 Å². The number of hydrogen-bond acceptors (Lipinski definition) is 2. The van der Waals surface area contributed by atoms with Crippen LogP contribution in [0.25, 0.3) is 0 Å². The van der Waals surface area contributed by atoms with Crippen molar-refractivity contribution in [2.75, 3.05) is 0 Å². The molecule has 64 valence electrons. The molecule has 1 aliphatic rings. The largest absolute Gasteiger partial charge is 0.367 e. The van der Waals surface area contributed by atoms with Crippen LogP contribution < -0.4 is 5.32 Å². The van der Waals surface area contributed by atoms with Crippen molar-refractivity contribution in [3.05, 3.63) is 21.9 Å². The normalized spacial score (nSPS) is 23.8. The molecule has 0 aromatic carbocycles. The Hall–Kier alpha value is -0.650. The summed E-state index contributed by atoms with van der Waals surface area (Å²) in [5.41, 5.74) is 1.62. The monoisotopic (exact) mass is 202 g/mol. The van der Waals surface area contributed by atoms with E-state index in [2.05, 4.69) is 5.32 Å². The standard InChI is InChI=1S/C8H8Cl2N2/c1-4-6(3-11)8(10)12-5(2)7(4)9/h8,12H,1-2H3. The molecule has 0 saturated carbocycles. The zero-order chi connectivity index (χ0) is 9.30. The van der Waals surface area contributed by atoms with Gasteiger partial charge in [0.2, 0.25) is 0 Å². The number of nitriles is 1. The Morgan fingerprint density at radius 2 is 2.08 bits per heavy atom. The quantitative estimate of drug-likeness (QED) is 0.484. The molecule has 0 amide bonds. The Morgan fingerprint density at radius 3 is 2.58 bits per heavy atom. The lowest BCUT2D eigenvalue weighted by atomic mass is 10.1. The van der Waals surface area contributed by atoms with E-state index in [-0.39, 0.29) is 0 Å². The zero-order valence-electron chi connectivity index (χ0n) is 6.78. The first-order valence-electron chi connectivity index (χ1n) is 3.46. The molecule has 1 atom stereocenters. The summed E-state index contributed by atoms with van der Waals surface area (Å²) in [5, 5.41) is 12.2. The molecular formula is C8H8Cl2N2. The van der Waals surface area contributed by atoms with Crippen LogP contribution in [0.15, 0.2) is 21.9 Å². The van der Waals surface area contributed by atoms with Crippen LogP contribution in [0.5, 0.6) is 0 Å². The van der Waals surface area contributed by atoms with E-state index in [0.29, 0.717) is 10.6 Å². The maximum atomic E-state index is 8.72. The average molecular weight is 203 g/mol. The van der Waals surface area contributed by atoms with Gasteiger partial charge in [0, 0.05) is 5.70 Å². The molecule has 1 unspecified atom stereocenters. The van der Waals surface area contributed by atoms with E-state index in [4.69, 9.17) is 28.5 Å².